The molecule has 0 unspecified atom stereocenters. The number of rotatable bonds is 5. The molecule has 0 atom stereocenters. The first-order chi connectivity index (χ1) is 16.6. The van der Waals surface area contributed by atoms with Crippen LogP contribution < -0.4 is 10.6 Å². The van der Waals surface area contributed by atoms with Crippen molar-refractivity contribution in [1.29, 1.82) is 0 Å². The second-order valence-corrected chi connectivity index (χ2v) is 9.17. The summed E-state index contributed by atoms with van der Waals surface area (Å²) in [5.41, 5.74) is 2.53. The molecule has 0 spiro atoms. The Kier molecular flexibility index (Phi) is 6.46. The molecule has 1 heterocycles. The molecule has 2 amide bonds. The molecule has 0 saturated heterocycles. The first-order valence-corrected chi connectivity index (χ1v) is 11.0. The largest absolute Gasteiger partial charge is 0.338 e. The fourth-order valence-electron chi connectivity index (χ4n) is 3.28. The minimum Gasteiger partial charge on any atom is -0.338 e. The summed E-state index contributed by atoms with van der Waals surface area (Å²) in [7, 11) is 0. The highest BCUT2D eigenvalue weighted by atomic mass is 19.1. The summed E-state index contributed by atoms with van der Waals surface area (Å²) in [4.78, 5) is 29.8. The number of hydrogen-bond acceptors (Lipinski definition) is 5. The molecule has 4 rings (SSSR count). The van der Waals surface area contributed by atoms with Gasteiger partial charge in [-0.05, 0) is 61.0 Å². The van der Waals surface area contributed by atoms with Gasteiger partial charge in [0.15, 0.2) is 0 Å². The molecule has 35 heavy (non-hydrogen) atoms. The average molecular weight is 473 g/mol. The maximum atomic E-state index is 13.9. The van der Waals surface area contributed by atoms with Gasteiger partial charge < -0.3 is 15.2 Å². The van der Waals surface area contributed by atoms with Crippen LogP contribution in [0.4, 0.5) is 15.8 Å². The van der Waals surface area contributed by atoms with Crippen molar-refractivity contribution in [3.63, 3.8) is 0 Å². The van der Waals surface area contributed by atoms with E-state index >= 15 is 0 Å². The van der Waals surface area contributed by atoms with Crippen LogP contribution >= 0.6 is 0 Å². The second-order valence-electron chi connectivity index (χ2n) is 9.17. The Balaban J connectivity index is 1.47. The Morgan fingerprint density at radius 1 is 0.914 bits per heavy atom. The summed E-state index contributed by atoms with van der Waals surface area (Å²) in [6.07, 6.45) is 0. The Morgan fingerprint density at radius 3 is 2.29 bits per heavy atom. The Bertz CT molecular complexity index is 1390. The summed E-state index contributed by atoms with van der Waals surface area (Å²) in [6, 6.07) is 17.7. The van der Waals surface area contributed by atoms with Crippen LogP contribution in [-0.4, -0.2) is 22.0 Å². The van der Waals surface area contributed by atoms with Crippen molar-refractivity contribution in [2.24, 2.45) is 0 Å². The molecule has 2 N–H and O–H groups in total. The zero-order chi connectivity index (χ0) is 25.2. The summed E-state index contributed by atoms with van der Waals surface area (Å²) < 4.78 is 19.3. The smallest absolute Gasteiger partial charge is 0.258 e. The number of carbonyl (C=O) groups excluding carboxylic acids is 2. The SMILES string of the molecule is Cc1ccc(C(=O)Nc2ccc(-c3noc(C(C)(C)C)n3)cc2)cc1NC(=O)c1ccccc1F. The van der Waals surface area contributed by atoms with E-state index < -0.39 is 11.7 Å². The van der Waals surface area contributed by atoms with Crippen molar-refractivity contribution in [1.82, 2.24) is 10.1 Å². The molecule has 3 aromatic carbocycles. The van der Waals surface area contributed by atoms with Gasteiger partial charge in [0, 0.05) is 27.9 Å². The van der Waals surface area contributed by atoms with Gasteiger partial charge in [-0.15, -0.1) is 0 Å². The standard InChI is InChI=1S/C27H25FN4O3/c1-16-9-10-18(15-22(16)30-25(34)20-7-5-6-8-21(20)28)24(33)29-19-13-11-17(12-14-19)23-31-26(35-32-23)27(2,3)4/h5-15H,1-4H3,(H,29,33)(H,30,34). The van der Waals surface area contributed by atoms with Crippen molar-refractivity contribution in [3.8, 4) is 11.4 Å². The number of aromatic nitrogens is 2. The van der Waals surface area contributed by atoms with Gasteiger partial charge in [0.1, 0.15) is 5.82 Å². The van der Waals surface area contributed by atoms with E-state index in [1.807, 2.05) is 20.8 Å². The van der Waals surface area contributed by atoms with Crippen LogP contribution in [0.2, 0.25) is 0 Å². The van der Waals surface area contributed by atoms with Gasteiger partial charge in [0.25, 0.3) is 11.8 Å². The number of nitrogens with one attached hydrogen (secondary N) is 2. The van der Waals surface area contributed by atoms with E-state index in [4.69, 9.17) is 4.52 Å². The molecule has 8 heteroatoms. The molecule has 7 nitrogen and oxygen atoms in total. The lowest BCUT2D eigenvalue weighted by Crippen LogP contribution is -2.16. The predicted octanol–water partition coefficient (Wildman–Crippen LogP) is 5.99. The van der Waals surface area contributed by atoms with Crippen LogP contribution in [0.15, 0.2) is 71.3 Å². The van der Waals surface area contributed by atoms with Gasteiger partial charge in [-0.2, -0.15) is 4.98 Å². The van der Waals surface area contributed by atoms with E-state index in [1.54, 1.807) is 55.5 Å². The third-order valence-corrected chi connectivity index (χ3v) is 5.34. The van der Waals surface area contributed by atoms with Crippen LogP contribution in [-0.2, 0) is 5.41 Å². The van der Waals surface area contributed by atoms with Crippen molar-refractivity contribution in [2.45, 2.75) is 33.1 Å². The van der Waals surface area contributed by atoms with Gasteiger partial charge in [0.05, 0.1) is 5.56 Å². The third-order valence-electron chi connectivity index (χ3n) is 5.34. The van der Waals surface area contributed by atoms with Crippen LogP contribution in [0.3, 0.4) is 0 Å². The van der Waals surface area contributed by atoms with E-state index in [-0.39, 0.29) is 16.9 Å². The van der Waals surface area contributed by atoms with Crippen LogP contribution in [0.1, 0.15) is 52.9 Å². The van der Waals surface area contributed by atoms with Gasteiger partial charge in [0.2, 0.25) is 11.7 Å². The van der Waals surface area contributed by atoms with E-state index in [0.717, 1.165) is 11.1 Å². The van der Waals surface area contributed by atoms with Gasteiger partial charge >= 0.3 is 0 Å². The van der Waals surface area contributed by atoms with Crippen LogP contribution in [0, 0.1) is 12.7 Å². The normalized spacial score (nSPS) is 11.2. The van der Waals surface area contributed by atoms with Crippen molar-refractivity contribution in [3.05, 3.63) is 95.1 Å². The second kappa shape index (κ2) is 9.50. The Hall–Kier alpha value is -4.33. The summed E-state index contributed by atoms with van der Waals surface area (Å²) in [5.74, 6) is -0.539. The fraction of sp³-hybridized carbons (Fsp3) is 0.185. The quantitative estimate of drug-likeness (QED) is 0.372. The third kappa shape index (κ3) is 5.43. The summed E-state index contributed by atoms with van der Waals surface area (Å²) in [6.45, 7) is 7.76. The molecule has 0 bridgehead atoms. The van der Waals surface area contributed by atoms with Gasteiger partial charge in [-0.1, -0.05) is 44.1 Å². The first kappa shape index (κ1) is 23.8. The highest BCUT2D eigenvalue weighted by Gasteiger charge is 2.22. The highest BCUT2D eigenvalue weighted by molar-refractivity contribution is 6.08. The number of benzene rings is 3. The molecule has 178 valence electrons. The zero-order valence-electron chi connectivity index (χ0n) is 19.8. The number of aryl methyl sites for hydroxylation is 1. The summed E-state index contributed by atoms with van der Waals surface area (Å²) >= 11 is 0. The lowest BCUT2D eigenvalue weighted by atomic mass is 9.97. The van der Waals surface area contributed by atoms with E-state index in [0.29, 0.717) is 28.7 Å². The van der Waals surface area contributed by atoms with Crippen LogP contribution in [0.25, 0.3) is 11.4 Å². The zero-order valence-corrected chi connectivity index (χ0v) is 19.8. The lowest BCUT2D eigenvalue weighted by molar-refractivity contribution is 0.101. The number of halogens is 1. The molecule has 0 aliphatic heterocycles. The molecular weight excluding hydrogens is 447 g/mol. The number of anilines is 2. The maximum absolute atomic E-state index is 13.9. The number of carbonyl (C=O) groups is 2. The Labute approximate surface area is 202 Å². The molecular formula is C27H25FN4O3. The highest BCUT2D eigenvalue weighted by Crippen LogP contribution is 2.25. The molecule has 0 aliphatic carbocycles. The number of nitrogens with zero attached hydrogens (tertiary/aromatic N) is 2. The first-order valence-electron chi connectivity index (χ1n) is 11.0. The van der Waals surface area contributed by atoms with Crippen molar-refractivity contribution >= 4 is 23.2 Å². The molecule has 0 fully saturated rings. The fourth-order valence-corrected chi connectivity index (χ4v) is 3.28. The number of amides is 2. The average Bonchev–Trinajstić information content (AvgIpc) is 3.32. The molecule has 1 aromatic heterocycles. The van der Waals surface area contributed by atoms with E-state index in [1.165, 1.54) is 18.2 Å². The minimum atomic E-state index is -0.615. The van der Waals surface area contributed by atoms with Crippen LogP contribution in [0.5, 0.6) is 0 Å². The minimum absolute atomic E-state index is 0.0712. The topological polar surface area (TPSA) is 97.1 Å². The molecule has 0 aliphatic rings. The summed E-state index contributed by atoms with van der Waals surface area (Å²) in [5, 5.41) is 9.54. The van der Waals surface area contributed by atoms with Gasteiger partial charge in [-0.3, -0.25) is 9.59 Å². The Morgan fingerprint density at radius 2 is 1.63 bits per heavy atom. The monoisotopic (exact) mass is 472 g/mol. The van der Waals surface area contributed by atoms with Crippen molar-refractivity contribution < 1.29 is 18.5 Å². The predicted molar refractivity (Wildman–Crippen MR) is 132 cm³/mol. The van der Waals surface area contributed by atoms with Crippen molar-refractivity contribution in [2.75, 3.05) is 10.6 Å². The van der Waals surface area contributed by atoms with Gasteiger partial charge in [-0.25, -0.2) is 4.39 Å². The molecule has 4 aromatic rings. The van der Waals surface area contributed by atoms with E-state index in [2.05, 4.69) is 20.8 Å². The maximum Gasteiger partial charge on any atom is 0.258 e. The van der Waals surface area contributed by atoms with E-state index in [9.17, 15) is 14.0 Å². The number of hydrogen-bond donors (Lipinski definition) is 2. The lowest BCUT2D eigenvalue weighted by Gasteiger charge is -2.12. The molecule has 0 radical (unpaired) electrons. The molecule has 0 saturated carbocycles.